The highest BCUT2D eigenvalue weighted by molar-refractivity contribution is 7.86. The van der Waals surface area contributed by atoms with Crippen LogP contribution in [0.5, 0.6) is 5.75 Å². The molecule has 0 aliphatic heterocycles. The maximum Gasteiger partial charge on any atom is 2.00 e. The molecule has 0 amide bonds. The van der Waals surface area contributed by atoms with E-state index in [9.17, 15) is 25.9 Å². The molecule has 0 bridgehead atoms. The topological polar surface area (TPSA) is 163 Å². The van der Waals surface area contributed by atoms with Gasteiger partial charge in [0, 0.05) is 0 Å². The van der Waals surface area contributed by atoms with Crippen LogP contribution >= 0.6 is 0 Å². The van der Waals surface area contributed by atoms with E-state index in [1.807, 2.05) is 19.9 Å². The van der Waals surface area contributed by atoms with Crippen molar-refractivity contribution >= 4 is 20.2 Å². The number of hydrogen-bond acceptors (Lipinski definition) is 7. The van der Waals surface area contributed by atoms with Crippen LogP contribution in [0.1, 0.15) is 11.1 Å². The van der Waals surface area contributed by atoms with Crippen LogP contribution in [0.4, 0.5) is 0 Å². The molecule has 10 heteroatoms. The zero-order valence-electron chi connectivity index (χ0n) is 16.1. The van der Waals surface area contributed by atoms with Gasteiger partial charge in [0.05, 0.1) is 9.79 Å². The van der Waals surface area contributed by atoms with Crippen molar-refractivity contribution in [3.63, 3.8) is 0 Å². The Labute approximate surface area is 176 Å². The minimum Gasteiger partial charge on any atom is -0.744 e. The number of benzene rings is 3. The number of hydrogen-bond donors (Lipinski definition) is 1. The molecular weight excluding hydrogens is 432 g/mol. The smallest absolute Gasteiger partial charge is 0.744 e. The molecular formula is C20H20O8S2. The molecule has 0 aliphatic carbocycles. The van der Waals surface area contributed by atoms with Crippen LogP contribution in [-0.4, -0.2) is 31.0 Å². The third-order valence-corrected chi connectivity index (χ3v) is 5.07. The lowest BCUT2D eigenvalue weighted by Crippen LogP contribution is -1.97. The molecule has 0 spiro atoms. The molecule has 4 radical (unpaired) electrons. The molecule has 8 nitrogen and oxygen atoms in total. The van der Waals surface area contributed by atoms with E-state index < -0.39 is 20.2 Å². The molecule has 0 saturated heterocycles. The first-order valence-electron chi connectivity index (χ1n) is 8.19. The normalized spacial score (nSPS) is 10.4. The lowest BCUT2D eigenvalue weighted by atomic mass is 10.2. The number of para-hydroxylation sites is 1. The van der Waals surface area contributed by atoms with Crippen molar-refractivity contribution in [2.75, 3.05) is 0 Å². The van der Waals surface area contributed by atoms with E-state index in [4.69, 9.17) is 5.11 Å². The molecule has 3 aromatic carbocycles. The lowest BCUT2D eigenvalue weighted by molar-refractivity contribution is 0.461. The highest BCUT2D eigenvalue weighted by Crippen LogP contribution is 2.09. The first kappa shape index (κ1) is 27.2. The summed E-state index contributed by atoms with van der Waals surface area (Å²) in [4.78, 5) is -0.355. The van der Waals surface area contributed by atoms with Crippen LogP contribution in [0.25, 0.3) is 0 Å². The molecule has 0 unspecified atom stereocenters. The van der Waals surface area contributed by atoms with Crippen molar-refractivity contribution in [1.29, 1.82) is 0 Å². The number of phenols is 1. The van der Waals surface area contributed by atoms with Crippen LogP contribution in [0.2, 0.25) is 0 Å². The second-order valence-electron chi connectivity index (χ2n) is 5.87. The molecule has 0 aromatic heterocycles. The minimum atomic E-state index is -4.27. The summed E-state index contributed by atoms with van der Waals surface area (Å²) >= 11 is 0. The Kier molecular flexibility index (Phi) is 10.9. The van der Waals surface area contributed by atoms with Gasteiger partial charge in [0.1, 0.15) is 26.0 Å². The SMILES string of the molecule is Cc1ccc(S(=O)(=O)[O-])cc1.Cc1ccc(S(=O)(=O)[O-])cc1.Oc1ccccc1.[O+2]. The van der Waals surface area contributed by atoms with Crippen LogP contribution in [-0.2, 0) is 25.7 Å². The zero-order chi connectivity index (χ0) is 22.1. The number of aryl methyl sites for hydroxylation is 2. The fourth-order valence-corrected chi connectivity index (χ4v) is 2.78. The molecule has 3 aromatic rings. The second-order valence-corrected chi connectivity index (χ2v) is 8.63. The summed E-state index contributed by atoms with van der Waals surface area (Å²) in [5.74, 6) is 0.322. The zero-order valence-corrected chi connectivity index (χ0v) is 17.8. The average Bonchev–Trinajstić information content (AvgIpc) is 2.63. The van der Waals surface area contributed by atoms with Crippen molar-refractivity contribution in [2.45, 2.75) is 23.6 Å². The summed E-state index contributed by atoms with van der Waals surface area (Å²) in [5, 5.41) is 8.63. The van der Waals surface area contributed by atoms with E-state index in [0.717, 1.165) is 11.1 Å². The van der Waals surface area contributed by atoms with Crippen LogP contribution in [0.3, 0.4) is 0 Å². The Morgan fingerprint density at radius 3 is 1.10 bits per heavy atom. The van der Waals surface area contributed by atoms with E-state index in [1.54, 1.807) is 48.5 Å². The molecule has 0 fully saturated rings. The number of phenolic OH excluding ortho intramolecular Hbond substituents is 1. The predicted molar refractivity (Wildman–Crippen MR) is 107 cm³/mol. The fourth-order valence-electron chi connectivity index (χ4n) is 1.84. The Hall–Kier alpha value is -2.76. The van der Waals surface area contributed by atoms with Gasteiger partial charge in [-0.2, -0.15) is 0 Å². The van der Waals surface area contributed by atoms with Crippen molar-refractivity contribution < 1.29 is 36.5 Å². The fraction of sp³-hybridized carbons (Fsp3) is 0.100. The monoisotopic (exact) mass is 452 g/mol. The summed E-state index contributed by atoms with van der Waals surface area (Å²) in [5.41, 5.74) is 1.86. The van der Waals surface area contributed by atoms with E-state index in [1.165, 1.54) is 24.3 Å². The first-order valence-corrected chi connectivity index (χ1v) is 11.0. The van der Waals surface area contributed by atoms with E-state index in [2.05, 4.69) is 0 Å². The average molecular weight is 453 g/mol. The standard InChI is InChI=1S/2C7H8O3S.C6H6O.O/c2*1-6-2-4-7(5-3-6)11(8,9)10;7-6-4-2-1-3-5-6;/h2*2-5H,1H3,(H,8,9,10);1-5,7H;/q;;;+2/p-2. The maximum absolute atomic E-state index is 10.4. The van der Waals surface area contributed by atoms with Crippen LogP contribution in [0, 0.1) is 13.8 Å². The number of rotatable bonds is 2. The molecule has 30 heavy (non-hydrogen) atoms. The van der Waals surface area contributed by atoms with Gasteiger partial charge in [-0.05, 0) is 50.2 Å². The van der Waals surface area contributed by atoms with E-state index >= 15 is 0 Å². The summed E-state index contributed by atoms with van der Waals surface area (Å²) in [6.45, 7) is 3.64. The maximum atomic E-state index is 10.4. The summed E-state index contributed by atoms with van der Waals surface area (Å²) in [6.07, 6.45) is 0. The summed E-state index contributed by atoms with van der Waals surface area (Å²) < 4.78 is 62.3. The third kappa shape index (κ3) is 10.7. The highest BCUT2D eigenvalue weighted by atomic mass is 32.2. The van der Waals surface area contributed by atoms with Gasteiger partial charge in [0.2, 0.25) is 0 Å². The molecule has 0 heterocycles. The van der Waals surface area contributed by atoms with Gasteiger partial charge in [-0.25, -0.2) is 16.8 Å². The van der Waals surface area contributed by atoms with Crippen LogP contribution < -0.4 is 0 Å². The minimum absolute atomic E-state index is 0. The van der Waals surface area contributed by atoms with E-state index in [0.29, 0.717) is 5.75 Å². The van der Waals surface area contributed by atoms with Gasteiger partial charge in [-0.15, -0.1) is 0 Å². The van der Waals surface area contributed by atoms with Crippen molar-refractivity contribution in [2.24, 2.45) is 0 Å². The number of aromatic hydroxyl groups is 1. The largest absolute Gasteiger partial charge is 2.00 e. The van der Waals surface area contributed by atoms with Gasteiger partial charge in [-0.3, -0.25) is 0 Å². The summed E-state index contributed by atoms with van der Waals surface area (Å²) in [7, 11) is -8.54. The van der Waals surface area contributed by atoms with Crippen molar-refractivity contribution in [3.05, 3.63) is 90.0 Å². The first-order chi connectivity index (χ1) is 13.4. The Morgan fingerprint density at radius 2 is 0.900 bits per heavy atom. The quantitative estimate of drug-likeness (QED) is 0.584. The second kappa shape index (κ2) is 12.1. The molecule has 0 aliphatic rings. The van der Waals surface area contributed by atoms with Gasteiger partial charge >= 0.3 is 5.48 Å². The Balaban J connectivity index is 0.000000424. The van der Waals surface area contributed by atoms with Gasteiger partial charge in [0.25, 0.3) is 0 Å². The van der Waals surface area contributed by atoms with Crippen molar-refractivity contribution in [1.82, 2.24) is 0 Å². The third-order valence-electron chi connectivity index (χ3n) is 3.38. The Bertz CT molecular complexity index is 1020. The van der Waals surface area contributed by atoms with Gasteiger partial charge < -0.3 is 14.2 Å². The Morgan fingerprint density at radius 1 is 0.600 bits per heavy atom. The molecule has 0 atom stereocenters. The van der Waals surface area contributed by atoms with E-state index in [-0.39, 0.29) is 15.3 Å². The molecule has 0 saturated carbocycles. The van der Waals surface area contributed by atoms with Gasteiger partial charge in [0.15, 0.2) is 0 Å². The molecule has 160 valence electrons. The highest BCUT2D eigenvalue weighted by Gasteiger charge is 2.00. The van der Waals surface area contributed by atoms with Crippen LogP contribution in [0.15, 0.2) is 88.7 Å². The van der Waals surface area contributed by atoms with Gasteiger partial charge in [-0.1, -0.05) is 53.6 Å². The summed E-state index contributed by atoms with van der Waals surface area (Å²) in [6, 6.07) is 20.3. The molecule has 3 rings (SSSR count). The molecule has 1 N–H and O–H groups in total. The van der Waals surface area contributed by atoms with Crippen molar-refractivity contribution in [3.8, 4) is 5.75 Å². The lowest BCUT2D eigenvalue weighted by Gasteiger charge is -2.05. The predicted octanol–water partition coefficient (Wildman–Crippen LogP) is 3.07.